The van der Waals surface area contributed by atoms with Crippen molar-refractivity contribution in [2.24, 2.45) is 5.41 Å². The number of rotatable bonds is 6. The van der Waals surface area contributed by atoms with E-state index in [-0.39, 0.29) is 23.7 Å². The molecule has 0 spiro atoms. The molecule has 2 aliphatic rings. The molecule has 2 saturated heterocycles. The topological polar surface area (TPSA) is 59.0 Å². The Bertz CT molecular complexity index is 746. The molecule has 25 heavy (non-hydrogen) atoms. The van der Waals surface area contributed by atoms with Crippen molar-refractivity contribution in [3.05, 3.63) is 30.5 Å². The fourth-order valence-electron chi connectivity index (χ4n) is 4.61. The zero-order chi connectivity index (χ0) is 16.6. The van der Waals surface area contributed by atoms with Crippen LogP contribution in [0.1, 0.15) is 39.0 Å². The van der Waals surface area contributed by atoms with Gasteiger partial charge >= 0.3 is 0 Å². The summed E-state index contributed by atoms with van der Waals surface area (Å²) in [5.41, 5.74) is 0.979. The monoisotopic (exact) mass is 362 g/mol. The molecule has 6 heteroatoms. The van der Waals surface area contributed by atoms with Crippen molar-refractivity contribution in [2.75, 3.05) is 6.54 Å². The number of carbonyl (C=O) groups is 1. The minimum absolute atomic E-state index is 0. The van der Waals surface area contributed by atoms with E-state index in [4.69, 9.17) is 0 Å². The third-order valence-electron chi connectivity index (χ3n) is 5.98. The molecule has 2 N–H and O–H groups in total. The van der Waals surface area contributed by atoms with Gasteiger partial charge in [-0.05, 0) is 38.2 Å². The maximum atomic E-state index is 12.8. The van der Waals surface area contributed by atoms with Crippen molar-refractivity contribution in [3.63, 3.8) is 0 Å². The lowest BCUT2D eigenvalue weighted by atomic mass is 9.71. The molecule has 136 valence electrons. The van der Waals surface area contributed by atoms with E-state index in [2.05, 4.69) is 34.8 Å². The predicted molar refractivity (Wildman–Crippen MR) is 102 cm³/mol. The number of carbonyl (C=O) groups excluding carboxylic acids is 1. The molecule has 3 heterocycles. The maximum Gasteiger partial charge on any atom is 0.227 e. The van der Waals surface area contributed by atoms with Crippen molar-refractivity contribution in [1.82, 2.24) is 20.4 Å². The van der Waals surface area contributed by atoms with Crippen LogP contribution in [0, 0.1) is 5.41 Å². The second kappa shape index (κ2) is 7.34. The number of para-hydroxylation sites is 1. The molecule has 2 bridgehead atoms. The summed E-state index contributed by atoms with van der Waals surface area (Å²) in [6, 6.07) is 9.16. The lowest BCUT2D eigenvalue weighted by Crippen LogP contribution is -2.48. The first-order chi connectivity index (χ1) is 11.7. The quantitative estimate of drug-likeness (QED) is 0.777. The van der Waals surface area contributed by atoms with Crippen molar-refractivity contribution >= 4 is 29.2 Å². The summed E-state index contributed by atoms with van der Waals surface area (Å²) in [5.74, 6) is 0.245. The molecule has 0 radical (unpaired) electrons. The second-order valence-electron chi connectivity index (χ2n) is 7.24. The van der Waals surface area contributed by atoms with Gasteiger partial charge in [0.25, 0.3) is 0 Å². The summed E-state index contributed by atoms with van der Waals surface area (Å²) in [7, 11) is 0. The molecular weight excluding hydrogens is 336 g/mol. The molecule has 1 amide bonds. The van der Waals surface area contributed by atoms with E-state index in [0.29, 0.717) is 18.6 Å². The number of amides is 1. The molecular formula is C19H27ClN4O. The van der Waals surface area contributed by atoms with Gasteiger partial charge < -0.3 is 10.6 Å². The van der Waals surface area contributed by atoms with E-state index < -0.39 is 0 Å². The van der Waals surface area contributed by atoms with Crippen molar-refractivity contribution in [2.45, 2.75) is 57.7 Å². The van der Waals surface area contributed by atoms with E-state index in [1.165, 1.54) is 11.8 Å². The van der Waals surface area contributed by atoms with Crippen LogP contribution in [0.25, 0.3) is 10.9 Å². The Kier molecular flexibility index (Phi) is 5.35. The highest BCUT2D eigenvalue weighted by Crippen LogP contribution is 2.45. The van der Waals surface area contributed by atoms with Gasteiger partial charge in [0.15, 0.2) is 0 Å². The van der Waals surface area contributed by atoms with Crippen LogP contribution in [0.2, 0.25) is 0 Å². The Morgan fingerprint density at radius 1 is 1.40 bits per heavy atom. The van der Waals surface area contributed by atoms with E-state index >= 15 is 0 Å². The highest BCUT2D eigenvalue weighted by atomic mass is 35.5. The van der Waals surface area contributed by atoms with Crippen LogP contribution in [0.4, 0.5) is 0 Å². The Morgan fingerprint density at radius 3 is 2.96 bits per heavy atom. The molecule has 3 atom stereocenters. The van der Waals surface area contributed by atoms with E-state index in [1.807, 2.05) is 23.0 Å². The number of aromatic nitrogens is 2. The summed E-state index contributed by atoms with van der Waals surface area (Å²) < 4.78 is 2.02. The zero-order valence-corrected chi connectivity index (χ0v) is 15.5. The van der Waals surface area contributed by atoms with Crippen molar-refractivity contribution in [3.8, 4) is 0 Å². The zero-order valence-electron chi connectivity index (χ0n) is 14.7. The molecule has 2 aromatic rings. The van der Waals surface area contributed by atoms with Gasteiger partial charge in [0.2, 0.25) is 5.91 Å². The first-order valence-corrected chi connectivity index (χ1v) is 9.18. The molecule has 1 aromatic carbocycles. The van der Waals surface area contributed by atoms with Gasteiger partial charge in [0, 0.05) is 30.6 Å². The van der Waals surface area contributed by atoms with Gasteiger partial charge in [-0.25, -0.2) is 0 Å². The summed E-state index contributed by atoms with van der Waals surface area (Å²) in [6.45, 7) is 3.70. The highest BCUT2D eigenvalue weighted by molar-refractivity contribution is 5.85. The molecule has 1 aromatic heterocycles. The van der Waals surface area contributed by atoms with Gasteiger partial charge in [-0.3, -0.25) is 9.48 Å². The van der Waals surface area contributed by atoms with E-state index in [9.17, 15) is 4.79 Å². The number of halogens is 1. The van der Waals surface area contributed by atoms with Gasteiger partial charge in [0.05, 0.1) is 17.1 Å². The smallest absolute Gasteiger partial charge is 0.227 e. The van der Waals surface area contributed by atoms with Crippen LogP contribution in [0.15, 0.2) is 30.5 Å². The molecule has 2 fully saturated rings. The summed E-state index contributed by atoms with van der Waals surface area (Å²) in [5, 5.41) is 12.4. The Morgan fingerprint density at radius 2 is 2.24 bits per heavy atom. The number of hydrogen-bond acceptors (Lipinski definition) is 3. The fraction of sp³-hybridized carbons (Fsp3) is 0.579. The highest BCUT2D eigenvalue weighted by Gasteiger charge is 2.54. The Labute approximate surface area is 155 Å². The first-order valence-electron chi connectivity index (χ1n) is 9.18. The second-order valence-corrected chi connectivity index (χ2v) is 7.24. The van der Waals surface area contributed by atoms with Crippen LogP contribution in [-0.4, -0.2) is 34.3 Å². The minimum atomic E-state index is -0.179. The normalized spacial score (nSPS) is 27.4. The largest absolute Gasteiger partial charge is 0.356 e. The third-order valence-corrected chi connectivity index (χ3v) is 5.98. The molecule has 0 unspecified atom stereocenters. The molecule has 5 nitrogen and oxygen atoms in total. The van der Waals surface area contributed by atoms with Gasteiger partial charge in [-0.2, -0.15) is 5.10 Å². The Hall–Kier alpha value is -1.59. The molecule has 2 aliphatic heterocycles. The number of benzene rings is 1. The molecule has 4 rings (SSSR count). The number of nitrogens with zero attached hydrogens (tertiary/aromatic N) is 2. The summed E-state index contributed by atoms with van der Waals surface area (Å²) >= 11 is 0. The SMILES string of the molecule is CC[C@@]1(C(=O)NCCCn2ncc3ccccc32)C[C@@H]2CC[C@H]1N2.Cl. The van der Waals surface area contributed by atoms with Crippen molar-refractivity contribution in [1.29, 1.82) is 0 Å². The summed E-state index contributed by atoms with van der Waals surface area (Å²) in [4.78, 5) is 12.8. The van der Waals surface area contributed by atoms with Crippen LogP contribution in [0.3, 0.4) is 0 Å². The first kappa shape index (κ1) is 18.2. The number of nitrogens with one attached hydrogen (secondary N) is 2. The van der Waals surface area contributed by atoms with Crippen LogP contribution < -0.4 is 10.6 Å². The molecule has 0 aliphatic carbocycles. The van der Waals surface area contributed by atoms with E-state index in [0.717, 1.165) is 37.7 Å². The van der Waals surface area contributed by atoms with Crippen LogP contribution in [0.5, 0.6) is 0 Å². The van der Waals surface area contributed by atoms with Gasteiger partial charge in [0.1, 0.15) is 0 Å². The third kappa shape index (κ3) is 3.15. The molecule has 0 saturated carbocycles. The minimum Gasteiger partial charge on any atom is -0.356 e. The predicted octanol–water partition coefficient (Wildman–Crippen LogP) is 2.89. The lowest BCUT2D eigenvalue weighted by molar-refractivity contribution is -0.132. The van der Waals surface area contributed by atoms with E-state index in [1.54, 1.807) is 0 Å². The number of hydrogen-bond donors (Lipinski definition) is 2. The standard InChI is InChI=1S/C19H26N4O.ClH/c1-2-19(12-15-8-9-17(19)22-15)18(24)20-10-5-11-23-16-7-4-3-6-14(16)13-21-23;/h3-4,6-7,13,15,17,22H,2,5,8-12H2,1H3,(H,20,24);1H/t15-,17+,19+;/m0./s1. The average Bonchev–Trinajstić information content (AvgIpc) is 3.33. The van der Waals surface area contributed by atoms with Crippen molar-refractivity contribution < 1.29 is 4.79 Å². The van der Waals surface area contributed by atoms with Crippen LogP contribution >= 0.6 is 12.4 Å². The lowest BCUT2D eigenvalue weighted by Gasteiger charge is -2.34. The van der Waals surface area contributed by atoms with Gasteiger partial charge in [-0.1, -0.05) is 25.1 Å². The van der Waals surface area contributed by atoms with Gasteiger partial charge in [-0.15, -0.1) is 12.4 Å². The number of fused-ring (bicyclic) bond motifs is 3. The maximum absolute atomic E-state index is 12.8. The summed E-state index contributed by atoms with van der Waals surface area (Å²) in [6.07, 6.45) is 7.11. The average molecular weight is 363 g/mol. The van der Waals surface area contributed by atoms with Crippen LogP contribution in [-0.2, 0) is 11.3 Å². The fourth-order valence-corrected chi connectivity index (χ4v) is 4.61. The Balaban J connectivity index is 0.00000182. The number of aryl methyl sites for hydroxylation is 1.